The molecule has 0 saturated carbocycles. The molecule has 0 aliphatic rings. The van der Waals surface area contributed by atoms with Gasteiger partial charge in [-0.25, -0.2) is 13.2 Å². The lowest BCUT2D eigenvalue weighted by Crippen LogP contribution is -2.31. The lowest BCUT2D eigenvalue weighted by molar-refractivity contribution is 0.0436. The molecule has 0 saturated heterocycles. The van der Waals surface area contributed by atoms with Gasteiger partial charge in [-0.05, 0) is 18.2 Å². The fraction of sp³-hybridized carbons (Fsp3) is 0.438. The number of nitrogens with zero attached hydrogens (tertiary/aromatic N) is 3. The van der Waals surface area contributed by atoms with Crippen LogP contribution >= 0.6 is 0 Å². The molecule has 1 aromatic heterocycles. The predicted molar refractivity (Wildman–Crippen MR) is 91.3 cm³/mol. The minimum atomic E-state index is -3.80. The lowest BCUT2D eigenvalue weighted by atomic mass is 10.2. The number of methoxy groups -OCH3 is 1. The van der Waals surface area contributed by atoms with E-state index in [9.17, 15) is 13.2 Å². The largest absolute Gasteiger partial charge is 0.495 e. The second-order valence-corrected chi connectivity index (χ2v) is 7.15. The summed E-state index contributed by atoms with van der Waals surface area (Å²) in [4.78, 5) is 12.2. The summed E-state index contributed by atoms with van der Waals surface area (Å²) < 4.78 is 42.2. The van der Waals surface area contributed by atoms with Gasteiger partial charge in [0.25, 0.3) is 5.89 Å². The summed E-state index contributed by atoms with van der Waals surface area (Å²) in [6.45, 7) is 5.48. The van der Waals surface area contributed by atoms with Crippen LogP contribution in [0.3, 0.4) is 0 Å². The first-order valence-corrected chi connectivity index (χ1v) is 9.41. The van der Waals surface area contributed by atoms with Crippen LogP contribution in [0.1, 0.15) is 36.0 Å². The highest BCUT2D eigenvalue weighted by atomic mass is 32.2. The summed E-state index contributed by atoms with van der Waals surface area (Å²) >= 11 is 0. The fourth-order valence-electron chi connectivity index (χ4n) is 2.31. The third-order valence-corrected chi connectivity index (χ3v) is 5.69. The average Bonchev–Trinajstić information content (AvgIpc) is 3.05. The summed E-state index contributed by atoms with van der Waals surface area (Å²) in [6, 6.07) is 4.10. The third kappa shape index (κ3) is 4.20. The van der Waals surface area contributed by atoms with Gasteiger partial charge in [-0.3, -0.25) is 0 Å². The van der Waals surface area contributed by atoms with Gasteiger partial charge >= 0.3 is 5.97 Å². The maximum absolute atomic E-state index is 12.8. The van der Waals surface area contributed by atoms with Crippen molar-refractivity contribution in [3.63, 3.8) is 0 Å². The van der Waals surface area contributed by atoms with E-state index in [0.717, 1.165) is 0 Å². The zero-order valence-electron chi connectivity index (χ0n) is 15.1. The summed E-state index contributed by atoms with van der Waals surface area (Å²) in [5, 5.41) is 7.36. The van der Waals surface area contributed by atoms with E-state index in [1.807, 2.05) is 0 Å². The van der Waals surface area contributed by atoms with Crippen LogP contribution < -0.4 is 4.74 Å². The highest BCUT2D eigenvalue weighted by Gasteiger charge is 2.27. The fourth-order valence-corrected chi connectivity index (χ4v) is 3.95. The lowest BCUT2D eigenvalue weighted by Gasteiger charge is -2.20. The maximum atomic E-state index is 12.8. The summed E-state index contributed by atoms with van der Waals surface area (Å²) in [5.41, 5.74) is 0.0766. The Morgan fingerprint density at radius 2 is 1.92 bits per heavy atom. The van der Waals surface area contributed by atoms with Crippen LogP contribution in [-0.2, 0) is 21.4 Å². The highest BCUT2D eigenvalue weighted by Crippen LogP contribution is 2.28. The summed E-state index contributed by atoms with van der Waals surface area (Å²) in [5.74, 6) is -0.0473. The van der Waals surface area contributed by atoms with Gasteiger partial charge in [0.05, 0.1) is 12.7 Å². The number of aromatic nitrogens is 2. The number of carbonyl (C=O) groups is 1. The van der Waals surface area contributed by atoms with E-state index < -0.39 is 16.0 Å². The van der Waals surface area contributed by atoms with Crippen molar-refractivity contribution in [2.75, 3.05) is 20.2 Å². The minimum Gasteiger partial charge on any atom is -0.495 e. The molecular weight excluding hydrogens is 362 g/mol. The zero-order chi connectivity index (χ0) is 19.3. The number of rotatable bonds is 8. The number of carbonyl (C=O) groups excluding carboxylic acids is 1. The van der Waals surface area contributed by atoms with Crippen LogP contribution in [-0.4, -0.2) is 49.1 Å². The Morgan fingerprint density at radius 1 is 1.23 bits per heavy atom. The molecule has 9 nitrogen and oxygen atoms in total. The molecule has 142 valence electrons. The molecule has 10 heteroatoms. The molecule has 1 heterocycles. The second kappa shape index (κ2) is 8.28. The number of ether oxygens (including phenoxy) is 2. The SMILES string of the molecule is CCN(CC)S(=O)(=O)c1cc(C(=O)OCc2nnc(C)o2)ccc1OC. The second-order valence-electron chi connectivity index (χ2n) is 5.25. The first-order chi connectivity index (χ1) is 12.3. The number of benzene rings is 1. The van der Waals surface area contributed by atoms with Crippen molar-refractivity contribution in [3.05, 3.63) is 35.5 Å². The molecule has 0 N–H and O–H groups in total. The highest BCUT2D eigenvalue weighted by molar-refractivity contribution is 7.89. The van der Waals surface area contributed by atoms with Crippen LogP contribution in [0.5, 0.6) is 5.75 Å². The Bertz CT molecular complexity index is 874. The molecule has 0 spiro atoms. The molecule has 0 aliphatic carbocycles. The van der Waals surface area contributed by atoms with Gasteiger partial charge < -0.3 is 13.9 Å². The molecule has 0 aliphatic heterocycles. The van der Waals surface area contributed by atoms with E-state index in [-0.39, 0.29) is 28.7 Å². The van der Waals surface area contributed by atoms with Crippen LogP contribution in [0.15, 0.2) is 27.5 Å². The molecule has 0 radical (unpaired) electrons. The Morgan fingerprint density at radius 3 is 2.46 bits per heavy atom. The van der Waals surface area contributed by atoms with Crippen LogP contribution in [0.2, 0.25) is 0 Å². The van der Waals surface area contributed by atoms with Crippen molar-refractivity contribution < 1.29 is 27.1 Å². The quantitative estimate of drug-likeness (QED) is 0.634. The van der Waals surface area contributed by atoms with Gasteiger partial charge in [0.15, 0.2) is 6.61 Å². The molecule has 0 bridgehead atoms. The van der Waals surface area contributed by atoms with Crippen LogP contribution in [0.4, 0.5) is 0 Å². The number of sulfonamides is 1. The number of aryl methyl sites for hydroxylation is 1. The van der Waals surface area contributed by atoms with E-state index in [2.05, 4.69) is 10.2 Å². The van der Waals surface area contributed by atoms with Gasteiger partial charge in [0.2, 0.25) is 15.9 Å². The summed E-state index contributed by atoms with van der Waals surface area (Å²) in [6.07, 6.45) is 0. The molecule has 2 aromatic rings. The van der Waals surface area contributed by atoms with Crippen molar-refractivity contribution in [2.24, 2.45) is 0 Å². The number of hydrogen-bond donors (Lipinski definition) is 0. The number of hydrogen-bond acceptors (Lipinski definition) is 8. The van der Waals surface area contributed by atoms with Gasteiger partial charge in [-0.15, -0.1) is 10.2 Å². The average molecular weight is 383 g/mol. The van der Waals surface area contributed by atoms with Crippen molar-refractivity contribution in [2.45, 2.75) is 32.3 Å². The van der Waals surface area contributed by atoms with E-state index in [0.29, 0.717) is 19.0 Å². The third-order valence-electron chi connectivity index (χ3n) is 3.62. The molecule has 26 heavy (non-hydrogen) atoms. The normalized spacial score (nSPS) is 11.6. The van der Waals surface area contributed by atoms with Gasteiger partial charge in [0.1, 0.15) is 10.6 Å². The standard InChI is InChI=1S/C16H21N3O6S/c1-5-19(6-2)26(21,22)14-9-12(7-8-13(14)23-4)16(20)24-10-15-18-17-11(3)25-15/h7-9H,5-6,10H2,1-4H3. The Balaban J connectivity index is 2.29. The van der Waals surface area contributed by atoms with Gasteiger partial charge in [-0.2, -0.15) is 4.31 Å². The van der Waals surface area contributed by atoms with Crippen molar-refractivity contribution in [1.29, 1.82) is 0 Å². The molecule has 1 aromatic carbocycles. The molecule has 0 unspecified atom stereocenters. The van der Waals surface area contributed by atoms with E-state index in [4.69, 9.17) is 13.9 Å². The molecule has 2 rings (SSSR count). The van der Waals surface area contributed by atoms with Gasteiger partial charge in [0, 0.05) is 20.0 Å². The van der Waals surface area contributed by atoms with Crippen molar-refractivity contribution >= 4 is 16.0 Å². The van der Waals surface area contributed by atoms with Gasteiger partial charge in [-0.1, -0.05) is 13.8 Å². The monoisotopic (exact) mass is 383 g/mol. The van der Waals surface area contributed by atoms with Crippen LogP contribution in [0.25, 0.3) is 0 Å². The predicted octanol–water partition coefficient (Wildman–Crippen LogP) is 1.77. The Hall–Kier alpha value is -2.46. The summed E-state index contributed by atoms with van der Waals surface area (Å²) in [7, 11) is -2.44. The van der Waals surface area contributed by atoms with E-state index in [1.165, 1.54) is 29.6 Å². The molecular formula is C16H21N3O6S. The Labute approximate surface area is 152 Å². The zero-order valence-corrected chi connectivity index (χ0v) is 15.9. The maximum Gasteiger partial charge on any atom is 0.338 e. The molecule has 0 amide bonds. The number of esters is 1. The van der Waals surface area contributed by atoms with Crippen molar-refractivity contribution in [1.82, 2.24) is 14.5 Å². The Kier molecular flexibility index (Phi) is 6.32. The first-order valence-electron chi connectivity index (χ1n) is 7.97. The minimum absolute atomic E-state index is 0.0766. The van der Waals surface area contributed by atoms with Crippen LogP contribution in [0, 0.1) is 6.92 Å². The smallest absolute Gasteiger partial charge is 0.338 e. The van der Waals surface area contributed by atoms with E-state index in [1.54, 1.807) is 20.8 Å². The van der Waals surface area contributed by atoms with E-state index >= 15 is 0 Å². The molecule has 0 fully saturated rings. The molecule has 0 atom stereocenters. The first kappa shape index (κ1) is 19.9. The topological polar surface area (TPSA) is 112 Å². The van der Waals surface area contributed by atoms with Crippen molar-refractivity contribution in [3.8, 4) is 5.75 Å².